The van der Waals surface area contributed by atoms with Gasteiger partial charge in [-0.2, -0.15) is 5.10 Å². The Bertz CT molecular complexity index is 1150. The number of nitrogens with zero attached hydrogens (tertiary/aromatic N) is 5. The maximum absolute atomic E-state index is 13.0. The number of carbonyl (C=O) groups is 1. The average molecular weight is 452 g/mol. The van der Waals surface area contributed by atoms with Crippen LogP contribution in [-0.2, 0) is 35.7 Å². The van der Waals surface area contributed by atoms with Crippen molar-refractivity contribution in [1.29, 1.82) is 0 Å². The predicted octanol–water partition coefficient (Wildman–Crippen LogP) is 2.91. The molecule has 1 amide bonds. The third kappa shape index (κ3) is 3.27. The summed E-state index contributed by atoms with van der Waals surface area (Å²) in [7, 11) is 1.68. The number of aromatic nitrogens is 3. The summed E-state index contributed by atoms with van der Waals surface area (Å²) in [5.74, 6) is 2.04. The number of thiophene rings is 1. The minimum absolute atomic E-state index is 0.0146. The SMILES string of the molecule is COc1ccc(CN2Cn3ncnc3-c3c2sc2c3CCN(C(=O)C3CCOC3)C2)cc1. The first-order valence-corrected chi connectivity index (χ1v) is 11.8. The van der Waals surface area contributed by atoms with Crippen molar-refractivity contribution in [1.82, 2.24) is 19.7 Å². The zero-order valence-corrected chi connectivity index (χ0v) is 18.8. The second kappa shape index (κ2) is 7.90. The number of fused-ring (bicyclic) bond motifs is 5. The van der Waals surface area contributed by atoms with Crippen LogP contribution in [0.4, 0.5) is 5.00 Å². The van der Waals surface area contributed by atoms with Crippen molar-refractivity contribution in [2.75, 3.05) is 31.8 Å². The number of benzene rings is 1. The van der Waals surface area contributed by atoms with Crippen LogP contribution in [0.2, 0.25) is 0 Å². The lowest BCUT2D eigenvalue weighted by molar-refractivity contribution is -0.136. The zero-order chi connectivity index (χ0) is 21.7. The zero-order valence-electron chi connectivity index (χ0n) is 18.0. The summed E-state index contributed by atoms with van der Waals surface area (Å²) < 4.78 is 12.7. The molecule has 0 N–H and O–H groups in total. The van der Waals surface area contributed by atoms with Crippen LogP contribution in [0.25, 0.3) is 11.4 Å². The molecular formula is C23H25N5O3S. The molecule has 1 atom stereocenters. The Kier molecular flexibility index (Phi) is 4.87. The van der Waals surface area contributed by atoms with E-state index in [1.807, 2.05) is 21.7 Å². The van der Waals surface area contributed by atoms with Crippen molar-refractivity contribution in [2.24, 2.45) is 5.92 Å². The van der Waals surface area contributed by atoms with Gasteiger partial charge in [0.05, 0.1) is 31.7 Å². The number of hydrogen-bond acceptors (Lipinski definition) is 7. The van der Waals surface area contributed by atoms with Gasteiger partial charge in [0.25, 0.3) is 0 Å². The summed E-state index contributed by atoms with van der Waals surface area (Å²) in [5, 5.41) is 5.70. The fourth-order valence-corrected chi connectivity index (χ4v) is 6.23. The molecule has 0 aliphatic carbocycles. The van der Waals surface area contributed by atoms with Gasteiger partial charge in [-0.1, -0.05) is 12.1 Å². The lowest BCUT2D eigenvalue weighted by atomic mass is 9.99. The average Bonchev–Trinajstić information content (AvgIpc) is 3.57. The normalized spacial score (nSPS) is 19.5. The topological polar surface area (TPSA) is 72.7 Å². The molecule has 5 heterocycles. The summed E-state index contributed by atoms with van der Waals surface area (Å²) in [6.45, 7) is 4.11. The van der Waals surface area contributed by atoms with Crippen molar-refractivity contribution >= 4 is 22.2 Å². The summed E-state index contributed by atoms with van der Waals surface area (Å²) in [6.07, 6.45) is 3.32. The fraction of sp³-hybridized carbons (Fsp3) is 0.435. The number of anilines is 1. The van der Waals surface area contributed by atoms with Gasteiger partial charge in [0.15, 0.2) is 5.82 Å². The fourth-order valence-electron chi connectivity index (χ4n) is 4.88. The highest BCUT2D eigenvalue weighted by molar-refractivity contribution is 7.17. The summed E-state index contributed by atoms with van der Waals surface area (Å²) in [4.78, 5) is 23.2. The van der Waals surface area contributed by atoms with Crippen molar-refractivity contribution in [2.45, 2.75) is 32.6 Å². The third-order valence-corrected chi connectivity index (χ3v) is 7.87. The monoisotopic (exact) mass is 451 g/mol. The highest BCUT2D eigenvalue weighted by Crippen LogP contribution is 2.47. The van der Waals surface area contributed by atoms with Gasteiger partial charge in [0.2, 0.25) is 5.91 Å². The van der Waals surface area contributed by atoms with Crippen LogP contribution in [0.15, 0.2) is 30.6 Å². The minimum atomic E-state index is 0.0146. The number of carbonyl (C=O) groups excluding carboxylic acids is 1. The molecule has 1 fully saturated rings. The number of methoxy groups -OCH3 is 1. The Morgan fingerprint density at radius 1 is 1.31 bits per heavy atom. The maximum atomic E-state index is 13.0. The molecule has 9 heteroatoms. The minimum Gasteiger partial charge on any atom is -0.497 e. The second-order valence-electron chi connectivity index (χ2n) is 8.52. The van der Waals surface area contributed by atoms with Crippen molar-refractivity contribution < 1.29 is 14.3 Å². The van der Waals surface area contributed by atoms with E-state index >= 15 is 0 Å². The number of rotatable bonds is 4. The van der Waals surface area contributed by atoms with Gasteiger partial charge in [-0.15, -0.1) is 11.3 Å². The largest absolute Gasteiger partial charge is 0.497 e. The Morgan fingerprint density at radius 2 is 2.19 bits per heavy atom. The lowest BCUT2D eigenvalue weighted by Crippen LogP contribution is -2.39. The smallest absolute Gasteiger partial charge is 0.228 e. The molecule has 0 saturated carbocycles. The quantitative estimate of drug-likeness (QED) is 0.607. The van der Waals surface area contributed by atoms with E-state index in [1.54, 1.807) is 24.8 Å². The van der Waals surface area contributed by atoms with E-state index < -0.39 is 0 Å². The van der Waals surface area contributed by atoms with Crippen LogP contribution in [0.5, 0.6) is 5.75 Å². The van der Waals surface area contributed by atoms with Crippen LogP contribution in [-0.4, -0.2) is 52.4 Å². The Balaban J connectivity index is 1.32. The molecule has 3 aromatic rings. The van der Waals surface area contributed by atoms with E-state index in [4.69, 9.17) is 9.47 Å². The molecule has 3 aliphatic rings. The Morgan fingerprint density at radius 3 is 2.97 bits per heavy atom. The van der Waals surface area contributed by atoms with Crippen LogP contribution >= 0.6 is 11.3 Å². The molecule has 1 aromatic carbocycles. The third-order valence-electron chi connectivity index (χ3n) is 6.59. The van der Waals surface area contributed by atoms with Crippen LogP contribution in [0.1, 0.15) is 22.4 Å². The number of hydrogen-bond donors (Lipinski definition) is 0. The molecule has 1 unspecified atom stereocenters. The molecule has 6 rings (SSSR count). The second-order valence-corrected chi connectivity index (χ2v) is 9.61. The van der Waals surface area contributed by atoms with Crippen LogP contribution < -0.4 is 9.64 Å². The summed E-state index contributed by atoms with van der Waals surface area (Å²) in [5.41, 5.74) is 3.73. The number of amides is 1. The molecule has 3 aliphatic heterocycles. The molecule has 1 saturated heterocycles. The highest BCUT2D eigenvalue weighted by Gasteiger charge is 2.36. The standard InChI is InChI=1S/C23H25N5O3S/c1-30-17-4-2-15(3-5-17)10-27-14-28-21(24-13-25-28)20-18-6-8-26(11-19(18)32-23(20)27)22(29)16-7-9-31-12-16/h2-5,13,16H,6-12,14H2,1H3. The molecule has 166 valence electrons. The van der Waals surface area contributed by atoms with Crippen LogP contribution in [0.3, 0.4) is 0 Å². The van der Waals surface area contributed by atoms with Gasteiger partial charge in [0, 0.05) is 24.6 Å². The Labute approximate surface area is 190 Å². The van der Waals surface area contributed by atoms with Crippen LogP contribution in [0, 0.1) is 5.92 Å². The lowest BCUT2D eigenvalue weighted by Gasteiger charge is -2.30. The first kappa shape index (κ1) is 19.8. The van der Waals surface area contributed by atoms with Gasteiger partial charge in [-0.3, -0.25) is 4.79 Å². The first-order chi connectivity index (χ1) is 15.7. The number of ether oxygens (including phenoxy) is 2. The van der Waals surface area contributed by atoms with Gasteiger partial charge in [-0.25, -0.2) is 9.67 Å². The molecule has 8 nitrogen and oxygen atoms in total. The van der Waals surface area contributed by atoms with Gasteiger partial charge < -0.3 is 19.3 Å². The first-order valence-electron chi connectivity index (χ1n) is 11.0. The van der Waals surface area contributed by atoms with E-state index in [9.17, 15) is 4.79 Å². The molecule has 2 aromatic heterocycles. The van der Waals surface area contributed by atoms with E-state index in [1.165, 1.54) is 26.6 Å². The predicted molar refractivity (Wildman–Crippen MR) is 121 cm³/mol. The molecule has 0 radical (unpaired) electrons. The van der Waals surface area contributed by atoms with E-state index in [2.05, 4.69) is 27.1 Å². The van der Waals surface area contributed by atoms with E-state index in [0.29, 0.717) is 26.4 Å². The highest BCUT2D eigenvalue weighted by atomic mass is 32.1. The van der Waals surface area contributed by atoms with Crippen molar-refractivity contribution in [3.8, 4) is 17.1 Å². The summed E-state index contributed by atoms with van der Waals surface area (Å²) >= 11 is 1.80. The molecule has 0 spiro atoms. The van der Waals surface area contributed by atoms with E-state index in [0.717, 1.165) is 37.5 Å². The van der Waals surface area contributed by atoms with E-state index in [-0.39, 0.29) is 11.8 Å². The molecular weight excluding hydrogens is 426 g/mol. The van der Waals surface area contributed by atoms with Gasteiger partial charge >= 0.3 is 0 Å². The van der Waals surface area contributed by atoms with Gasteiger partial charge in [0.1, 0.15) is 23.7 Å². The Hall–Kier alpha value is -2.91. The molecule has 32 heavy (non-hydrogen) atoms. The van der Waals surface area contributed by atoms with Crippen molar-refractivity contribution in [3.05, 3.63) is 46.6 Å². The van der Waals surface area contributed by atoms with Crippen molar-refractivity contribution in [3.63, 3.8) is 0 Å². The molecule has 0 bridgehead atoms. The summed E-state index contributed by atoms with van der Waals surface area (Å²) in [6, 6.07) is 8.20. The van der Waals surface area contributed by atoms with Gasteiger partial charge in [-0.05, 0) is 36.1 Å². The maximum Gasteiger partial charge on any atom is 0.228 e.